The van der Waals surface area contributed by atoms with Crippen molar-refractivity contribution in [2.75, 3.05) is 6.61 Å². The van der Waals surface area contributed by atoms with E-state index in [2.05, 4.69) is 0 Å². The van der Waals surface area contributed by atoms with Gasteiger partial charge in [-0.15, -0.1) is 0 Å². The first-order valence-corrected chi connectivity index (χ1v) is 3.26. The fourth-order valence-electron chi connectivity index (χ4n) is 0.753. The van der Waals surface area contributed by atoms with E-state index < -0.39 is 0 Å². The van der Waals surface area contributed by atoms with Crippen LogP contribution in [-0.4, -0.2) is 41.3 Å². The summed E-state index contributed by atoms with van der Waals surface area (Å²) in [6, 6.07) is 9.89. The predicted octanol–water partition coefficient (Wildman–Crippen LogP) is 1.04. The van der Waals surface area contributed by atoms with Gasteiger partial charge < -0.3 is 5.11 Å². The molecule has 0 spiro atoms. The molecule has 0 radical (unpaired) electrons. The quantitative estimate of drug-likeness (QED) is 0.638. The first-order valence-electron chi connectivity index (χ1n) is 3.26. The molecule has 0 saturated carbocycles. The van der Waals surface area contributed by atoms with Crippen LogP contribution >= 0.6 is 0 Å². The molecule has 1 aromatic rings. The molecule has 0 saturated heterocycles. The molecule has 1 nitrogen and oxygen atoms in total. The van der Waals surface area contributed by atoms with Crippen LogP contribution in [-0.2, 0) is 0 Å². The van der Waals surface area contributed by atoms with Crippen molar-refractivity contribution < 1.29 is 5.11 Å². The van der Waals surface area contributed by atoms with E-state index >= 15 is 0 Å². The molecule has 54 valence electrons. The van der Waals surface area contributed by atoms with E-state index in [1.807, 2.05) is 36.4 Å². The van der Waals surface area contributed by atoms with Crippen molar-refractivity contribution in [3.63, 3.8) is 0 Å². The van der Waals surface area contributed by atoms with Crippen LogP contribution in [0.2, 0.25) is 0 Å². The van der Waals surface area contributed by atoms with Crippen LogP contribution in [0.4, 0.5) is 0 Å². The SMILES string of the molecule is OCC=Cc1ccccc1.[NaH]. The second-order valence-electron chi connectivity index (χ2n) is 2.00. The Labute approximate surface area is 89.0 Å². The van der Waals surface area contributed by atoms with Crippen molar-refractivity contribution >= 4 is 35.6 Å². The third-order valence-electron chi connectivity index (χ3n) is 1.22. The molecule has 0 unspecified atom stereocenters. The standard InChI is InChI=1S/C9H10O.Na.H/c10-8-4-7-9-5-2-1-3-6-9;;/h1-7,10H,8H2;;. The topological polar surface area (TPSA) is 20.2 Å². The summed E-state index contributed by atoms with van der Waals surface area (Å²) in [4.78, 5) is 0. The van der Waals surface area contributed by atoms with Crippen molar-refractivity contribution in [1.82, 2.24) is 0 Å². The van der Waals surface area contributed by atoms with Gasteiger partial charge in [-0.2, -0.15) is 0 Å². The van der Waals surface area contributed by atoms with Gasteiger partial charge in [-0.25, -0.2) is 0 Å². The summed E-state index contributed by atoms with van der Waals surface area (Å²) >= 11 is 0. The normalized spacial score (nSPS) is 9.55. The third-order valence-corrected chi connectivity index (χ3v) is 1.22. The van der Waals surface area contributed by atoms with E-state index in [9.17, 15) is 0 Å². The summed E-state index contributed by atoms with van der Waals surface area (Å²) in [6.07, 6.45) is 3.61. The van der Waals surface area contributed by atoms with Crippen LogP contribution < -0.4 is 0 Å². The minimum atomic E-state index is 0. The summed E-state index contributed by atoms with van der Waals surface area (Å²) < 4.78 is 0. The Bertz CT molecular complexity index is 206. The number of rotatable bonds is 2. The fraction of sp³-hybridized carbons (Fsp3) is 0.111. The molecule has 1 rings (SSSR count). The molecule has 0 amide bonds. The monoisotopic (exact) mass is 158 g/mol. The van der Waals surface area contributed by atoms with Crippen LogP contribution in [0.1, 0.15) is 5.56 Å². The van der Waals surface area contributed by atoms with E-state index in [0.717, 1.165) is 5.56 Å². The van der Waals surface area contributed by atoms with Crippen molar-refractivity contribution in [2.45, 2.75) is 0 Å². The summed E-state index contributed by atoms with van der Waals surface area (Å²) in [5, 5.41) is 8.44. The molecule has 0 heterocycles. The van der Waals surface area contributed by atoms with Gasteiger partial charge in [0.25, 0.3) is 0 Å². The second kappa shape index (κ2) is 6.62. The Hall–Kier alpha value is -0.0800. The molecule has 0 aliphatic rings. The van der Waals surface area contributed by atoms with Gasteiger partial charge in [0.05, 0.1) is 6.61 Å². The van der Waals surface area contributed by atoms with Crippen LogP contribution in [0.3, 0.4) is 0 Å². The molecule has 0 atom stereocenters. The first-order chi connectivity index (χ1) is 4.93. The van der Waals surface area contributed by atoms with Crippen LogP contribution in [0.25, 0.3) is 6.08 Å². The molecule has 0 aliphatic carbocycles. The summed E-state index contributed by atoms with van der Waals surface area (Å²) in [5.74, 6) is 0. The zero-order valence-corrected chi connectivity index (χ0v) is 5.70. The van der Waals surface area contributed by atoms with Crippen molar-refractivity contribution in [3.05, 3.63) is 42.0 Å². The molecule has 11 heavy (non-hydrogen) atoms. The molecule has 1 N–H and O–H groups in total. The van der Waals surface area contributed by atoms with Gasteiger partial charge in [0, 0.05) is 0 Å². The molecular formula is C9H11NaO. The van der Waals surface area contributed by atoms with Crippen LogP contribution in [0.5, 0.6) is 0 Å². The zero-order chi connectivity index (χ0) is 7.23. The Balaban J connectivity index is 0.000001000. The van der Waals surface area contributed by atoms with Crippen molar-refractivity contribution in [2.24, 2.45) is 0 Å². The summed E-state index contributed by atoms with van der Waals surface area (Å²) in [5.41, 5.74) is 1.12. The maximum absolute atomic E-state index is 8.44. The first kappa shape index (κ1) is 10.9. The van der Waals surface area contributed by atoms with E-state index in [1.54, 1.807) is 6.08 Å². The molecule has 0 bridgehead atoms. The van der Waals surface area contributed by atoms with E-state index in [1.165, 1.54) is 0 Å². The Kier molecular flexibility index (Phi) is 6.57. The van der Waals surface area contributed by atoms with Gasteiger partial charge in [-0.3, -0.25) is 0 Å². The molecule has 1 aromatic carbocycles. The molecular weight excluding hydrogens is 147 g/mol. The summed E-state index contributed by atoms with van der Waals surface area (Å²) in [7, 11) is 0. The second-order valence-corrected chi connectivity index (χ2v) is 2.00. The zero-order valence-electron chi connectivity index (χ0n) is 5.70. The van der Waals surface area contributed by atoms with Crippen LogP contribution in [0.15, 0.2) is 36.4 Å². The molecule has 2 heteroatoms. The van der Waals surface area contributed by atoms with Gasteiger partial charge in [0.1, 0.15) is 0 Å². The van der Waals surface area contributed by atoms with Gasteiger partial charge in [0.2, 0.25) is 0 Å². The number of hydrogen-bond acceptors (Lipinski definition) is 1. The Morgan fingerprint density at radius 2 is 1.82 bits per heavy atom. The number of aliphatic hydroxyl groups excluding tert-OH is 1. The van der Waals surface area contributed by atoms with Crippen molar-refractivity contribution in [1.29, 1.82) is 0 Å². The average Bonchev–Trinajstić information content (AvgIpc) is 2.03. The van der Waals surface area contributed by atoms with Gasteiger partial charge in [0.15, 0.2) is 0 Å². The molecule has 0 fully saturated rings. The molecule has 0 aromatic heterocycles. The van der Waals surface area contributed by atoms with Crippen molar-refractivity contribution in [3.8, 4) is 0 Å². The van der Waals surface area contributed by atoms with Gasteiger partial charge in [-0.1, -0.05) is 42.5 Å². The van der Waals surface area contributed by atoms with Gasteiger partial charge in [-0.05, 0) is 5.56 Å². The Morgan fingerprint density at radius 1 is 1.18 bits per heavy atom. The molecule has 0 aliphatic heterocycles. The number of benzene rings is 1. The minimum absolute atomic E-state index is 0. The predicted molar refractivity (Wildman–Crippen MR) is 49.7 cm³/mol. The van der Waals surface area contributed by atoms with E-state index in [-0.39, 0.29) is 36.2 Å². The fourth-order valence-corrected chi connectivity index (χ4v) is 0.753. The maximum atomic E-state index is 8.44. The van der Waals surface area contributed by atoms with E-state index in [0.29, 0.717) is 0 Å². The van der Waals surface area contributed by atoms with Crippen LogP contribution in [0, 0.1) is 0 Å². The number of aliphatic hydroxyl groups is 1. The van der Waals surface area contributed by atoms with E-state index in [4.69, 9.17) is 5.11 Å². The summed E-state index contributed by atoms with van der Waals surface area (Å²) in [6.45, 7) is 0.106. The van der Waals surface area contributed by atoms with Gasteiger partial charge >= 0.3 is 29.6 Å². The number of hydrogen-bond donors (Lipinski definition) is 1. The Morgan fingerprint density at radius 3 is 2.36 bits per heavy atom. The average molecular weight is 158 g/mol. The third kappa shape index (κ3) is 4.38.